The molecule has 0 heterocycles. The maximum Gasteiger partial charge on any atom is 0.737 e. The van der Waals surface area contributed by atoms with Crippen molar-refractivity contribution in [2.75, 3.05) is 0 Å². The van der Waals surface area contributed by atoms with Crippen molar-refractivity contribution in [2.45, 2.75) is 0 Å². The molecule has 4 heteroatoms. The topological polar surface area (TPSA) is 27.7 Å². The summed E-state index contributed by atoms with van der Waals surface area (Å²) in [6, 6.07) is 43.5. The zero-order valence-corrected chi connectivity index (χ0v) is 18.4. The molecule has 32 heavy (non-hydrogen) atoms. The van der Waals surface area contributed by atoms with E-state index in [1.165, 1.54) is 0 Å². The summed E-state index contributed by atoms with van der Waals surface area (Å²) in [5, 5.41) is 3.06. The maximum atomic E-state index is 6.70. The van der Waals surface area contributed by atoms with Gasteiger partial charge in [-0.2, -0.15) is 0 Å². The highest BCUT2D eigenvalue weighted by molar-refractivity contribution is 6.79. The van der Waals surface area contributed by atoms with Crippen LogP contribution in [0.5, 0.6) is 17.2 Å². The standard InChI is InChI=1S/C28H22O3Si/c1-4-15-24(16-5-1)29-32(30-25-17-6-2-7-18-25,31-26-19-8-3-9-20-26)28-22-12-14-23-13-10-11-21-27(23)28/h1-22H. The van der Waals surface area contributed by atoms with Crippen LogP contribution in [0.15, 0.2) is 133 Å². The zero-order chi connectivity index (χ0) is 21.6. The van der Waals surface area contributed by atoms with Gasteiger partial charge in [0.25, 0.3) is 0 Å². The van der Waals surface area contributed by atoms with E-state index in [1.54, 1.807) is 0 Å². The number of rotatable bonds is 7. The first kappa shape index (κ1) is 19.9. The molecule has 0 unspecified atom stereocenters. The zero-order valence-electron chi connectivity index (χ0n) is 17.4. The molecule has 5 aromatic rings. The van der Waals surface area contributed by atoms with Crippen molar-refractivity contribution < 1.29 is 13.3 Å². The quantitative estimate of drug-likeness (QED) is 0.285. The summed E-state index contributed by atoms with van der Waals surface area (Å²) in [5.41, 5.74) is 0. The van der Waals surface area contributed by atoms with Gasteiger partial charge in [0.05, 0.1) is 5.19 Å². The van der Waals surface area contributed by atoms with E-state index in [9.17, 15) is 0 Å². The molecule has 0 fully saturated rings. The third-order valence-electron chi connectivity index (χ3n) is 5.11. The van der Waals surface area contributed by atoms with Crippen LogP contribution in [0.2, 0.25) is 0 Å². The minimum Gasteiger partial charge on any atom is -0.480 e. The predicted octanol–water partition coefficient (Wildman–Crippen LogP) is 6.22. The first-order valence-electron chi connectivity index (χ1n) is 10.5. The molecule has 5 rings (SSSR count). The van der Waals surface area contributed by atoms with Gasteiger partial charge in [0.2, 0.25) is 0 Å². The number of para-hydroxylation sites is 3. The van der Waals surface area contributed by atoms with Crippen LogP contribution in [0.1, 0.15) is 0 Å². The number of hydrogen-bond donors (Lipinski definition) is 0. The highest BCUT2D eigenvalue weighted by atomic mass is 28.4. The average Bonchev–Trinajstić information content (AvgIpc) is 2.85. The smallest absolute Gasteiger partial charge is 0.480 e. The van der Waals surface area contributed by atoms with Crippen molar-refractivity contribution in [2.24, 2.45) is 0 Å². The lowest BCUT2D eigenvalue weighted by molar-refractivity contribution is 0.281. The second kappa shape index (κ2) is 9.00. The lowest BCUT2D eigenvalue weighted by Crippen LogP contribution is -2.64. The molecule has 0 aliphatic heterocycles. The fourth-order valence-electron chi connectivity index (χ4n) is 3.65. The Bertz CT molecular complexity index is 1190. The summed E-state index contributed by atoms with van der Waals surface area (Å²) < 4.78 is 20.1. The molecule has 0 saturated carbocycles. The third-order valence-corrected chi connectivity index (χ3v) is 7.71. The van der Waals surface area contributed by atoms with Gasteiger partial charge in [0.15, 0.2) is 0 Å². The monoisotopic (exact) mass is 434 g/mol. The van der Waals surface area contributed by atoms with E-state index in [2.05, 4.69) is 18.2 Å². The Morgan fingerprint density at radius 1 is 0.375 bits per heavy atom. The predicted molar refractivity (Wildman–Crippen MR) is 131 cm³/mol. The Morgan fingerprint density at radius 3 is 1.28 bits per heavy atom. The van der Waals surface area contributed by atoms with Crippen molar-refractivity contribution in [1.82, 2.24) is 0 Å². The fraction of sp³-hybridized carbons (Fsp3) is 0. The molecule has 0 spiro atoms. The van der Waals surface area contributed by atoms with Crippen LogP contribution < -0.4 is 18.5 Å². The summed E-state index contributed by atoms with van der Waals surface area (Å²) in [7, 11) is -3.56. The summed E-state index contributed by atoms with van der Waals surface area (Å²) in [5.74, 6) is 2.08. The van der Waals surface area contributed by atoms with Crippen molar-refractivity contribution in [3.63, 3.8) is 0 Å². The molecule has 3 nitrogen and oxygen atoms in total. The second-order valence-corrected chi connectivity index (χ2v) is 9.59. The van der Waals surface area contributed by atoms with Crippen LogP contribution >= 0.6 is 0 Å². The van der Waals surface area contributed by atoms with E-state index in [0.29, 0.717) is 17.2 Å². The SMILES string of the molecule is c1ccc(O[Si](Oc2ccccc2)(Oc2ccccc2)c2cccc3ccccc23)cc1. The summed E-state index contributed by atoms with van der Waals surface area (Å²) >= 11 is 0. The highest BCUT2D eigenvalue weighted by Crippen LogP contribution is 2.26. The van der Waals surface area contributed by atoms with Crippen LogP contribution in [0, 0.1) is 0 Å². The Morgan fingerprint density at radius 2 is 0.781 bits per heavy atom. The average molecular weight is 435 g/mol. The number of fused-ring (bicyclic) bond motifs is 1. The largest absolute Gasteiger partial charge is 0.737 e. The molecule has 0 amide bonds. The molecular weight excluding hydrogens is 412 g/mol. The van der Waals surface area contributed by atoms with Gasteiger partial charge in [0.1, 0.15) is 17.2 Å². The Kier molecular flexibility index (Phi) is 5.60. The van der Waals surface area contributed by atoms with Gasteiger partial charge in [-0.25, -0.2) is 0 Å². The summed E-state index contributed by atoms with van der Waals surface area (Å²) in [6.45, 7) is 0. The molecule has 0 atom stereocenters. The Labute approximate surface area is 188 Å². The molecule has 0 aromatic heterocycles. The van der Waals surface area contributed by atoms with Gasteiger partial charge >= 0.3 is 8.80 Å². The fourth-order valence-corrected chi connectivity index (χ4v) is 6.30. The molecule has 0 bridgehead atoms. The molecule has 5 aromatic carbocycles. The van der Waals surface area contributed by atoms with Crippen LogP contribution in [-0.4, -0.2) is 8.80 Å². The molecule has 0 N–H and O–H groups in total. The minimum atomic E-state index is -3.56. The normalized spacial score (nSPS) is 11.1. The number of benzene rings is 5. The van der Waals surface area contributed by atoms with Crippen LogP contribution in [0.4, 0.5) is 0 Å². The van der Waals surface area contributed by atoms with Crippen LogP contribution in [-0.2, 0) is 0 Å². The first-order valence-corrected chi connectivity index (χ1v) is 12.3. The van der Waals surface area contributed by atoms with Crippen molar-refractivity contribution in [3.05, 3.63) is 133 Å². The van der Waals surface area contributed by atoms with Gasteiger partial charge < -0.3 is 13.3 Å². The van der Waals surface area contributed by atoms with E-state index in [4.69, 9.17) is 13.3 Å². The molecule has 0 aliphatic carbocycles. The van der Waals surface area contributed by atoms with E-state index in [-0.39, 0.29) is 0 Å². The van der Waals surface area contributed by atoms with Gasteiger partial charge in [-0.3, -0.25) is 0 Å². The third kappa shape index (κ3) is 4.22. The second-order valence-electron chi connectivity index (χ2n) is 7.33. The Balaban J connectivity index is 1.73. The van der Waals surface area contributed by atoms with E-state index in [1.807, 2.05) is 115 Å². The van der Waals surface area contributed by atoms with Crippen LogP contribution in [0.3, 0.4) is 0 Å². The van der Waals surface area contributed by atoms with Gasteiger partial charge in [-0.15, -0.1) is 0 Å². The minimum absolute atomic E-state index is 0.693. The van der Waals surface area contributed by atoms with E-state index >= 15 is 0 Å². The molecule has 0 radical (unpaired) electrons. The summed E-state index contributed by atoms with van der Waals surface area (Å²) in [6.07, 6.45) is 0. The number of hydrogen-bond acceptors (Lipinski definition) is 3. The molecule has 0 aliphatic rings. The first-order chi connectivity index (χ1) is 15.8. The van der Waals surface area contributed by atoms with Gasteiger partial charge in [-0.1, -0.05) is 97.1 Å². The summed E-state index contributed by atoms with van der Waals surface area (Å²) in [4.78, 5) is 0. The lowest BCUT2D eigenvalue weighted by Gasteiger charge is -2.31. The van der Waals surface area contributed by atoms with Crippen molar-refractivity contribution in [3.8, 4) is 17.2 Å². The van der Waals surface area contributed by atoms with Gasteiger partial charge in [0, 0.05) is 0 Å². The molecule has 156 valence electrons. The maximum absolute atomic E-state index is 6.70. The molecular formula is C28H22O3Si. The Hall–Kier alpha value is -4.02. The van der Waals surface area contributed by atoms with Crippen molar-refractivity contribution in [1.29, 1.82) is 0 Å². The lowest BCUT2D eigenvalue weighted by atomic mass is 10.1. The molecule has 0 saturated heterocycles. The van der Waals surface area contributed by atoms with E-state index < -0.39 is 8.80 Å². The van der Waals surface area contributed by atoms with E-state index in [0.717, 1.165) is 16.0 Å². The van der Waals surface area contributed by atoms with Gasteiger partial charge in [-0.05, 0) is 47.2 Å². The van der Waals surface area contributed by atoms with Crippen molar-refractivity contribution >= 4 is 24.8 Å². The van der Waals surface area contributed by atoms with Crippen LogP contribution in [0.25, 0.3) is 10.8 Å². The highest BCUT2D eigenvalue weighted by Gasteiger charge is 2.53.